The number of thiocarbonyl (C=S) groups is 1. The van der Waals surface area contributed by atoms with Crippen LogP contribution >= 0.6 is 12.2 Å². The van der Waals surface area contributed by atoms with Crippen molar-refractivity contribution in [2.45, 2.75) is 19.0 Å². The molecule has 2 rings (SSSR count). The zero-order valence-electron chi connectivity index (χ0n) is 12.2. The fraction of sp³-hybridized carbons (Fsp3) is 0.500. The summed E-state index contributed by atoms with van der Waals surface area (Å²) in [4.78, 5) is 1.96. The van der Waals surface area contributed by atoms with E-state index >= 15 is 0 Å². The Labute approximate surface area is 131 Å². The third-order valence-electron chi connectivity index (χ3n) is 3.64. The molecule has 116 valence electrons. The molecule has 1 aromatic rings. The van der Waals surface area contributed by atoms with Gasteiger partial charge in [-0.2, -0.15) is 0 Å². The second kappa shape index (κ2) is 6.62. The Morgan fingerprint density at radius 1 is 1.43 bits per heavy atom. The van der Waals surface area contributed by atoms with E-state index in [4.69, 9.17) is 17.0 Å². The lowest BCUT2D eigenvalue weighted by Gasteiger charge is -2.30. The van der Waals surface area contributed by atoms with E-state index < -0.39 is 9.84 Å². The summed E-state index contributed by atoms with van der Waals surface area (Å²) in [6, 6.07) is 7.65. The van der Waals surface area contributed by atoms with E-state index in [-0.39, 0.29) is 17.5 Å². The number of nitrogens with one attached hydrogen (secondary N) is 1. The summed E-state index contributed by atoms with van der Waals surface area (Å²) in [6.07, 6.45) is 0.625. The third-order valence-corrected chi connectivity index (χ3v) is 5.82. The van der Waals surface area contributed by atoms with Gasteiger partial charge in [0.15, 0.2) is 14.9 Å². The lowest BCUT2D eigenvalue weighted by Crippen LogP contribution is -2.44. The van der Waals surface area contributed by atoms with Gasteiger partial charge < -0.3 is 15.0 Å². The first-order valence-electron chi connectivity index (χ1n) is 6.77. The van der Waals surface area contributed by atoms with Gasteiger partial charge in [0.05, 0.1) is 18.6 Å². The zero-order valence-corrected chi connectivity index (χ0v) is 13.8. The zero-order chi connectivity index (χ0) is 15.5. The Balaban J connectivity index is 2.14. The normalized spacial score (nSPS) is 20.0. The van der Waals surface area contributed by atoms with Crippen LogP contribution in [0.2, 0.25) is 0 Å². The molecule has 0 radical (unpaired) electrons. The second-order valence-corrected chi connectivity index (χ2v) is 7.70. The fourth-order valence-electron chi connectivity index (χ4n) is 2.46. The second-order valence-electron chi connectivity index (χ2n) is 5.09. The molecular formula is C14H20N2O3S2. The maximum atomic E-state index is 11.7. The van der Waals surface area contributed by atoms with Crippen molar-refractivity contribution < 1.29 is 13.2 Å². The van der Waals surface area contributed by atoms with Gasteiger partial charge in [-0.3, -0.25) is 0 Å². The highest BCUT2D eigenvalue weighted by molar-refractivity contribution is 7.91. The predicted octanol–water partition coefficient (Wildman–Crippen LogP) is 1.19. The van der Waals surface area contributed by atoms with Gasteiger partial charge >= 0.3 is 0 Å². The van der Waals surface area contributed by atoms with Crippen LogP contribution in [-0.2, 0) is 16.4 Å². The monoisotopic (exact) mass is 328 g/mol. The minimum atomic E-state index is -2.93. The quantitative estimate of drug-likeness (QED) is 0.838. The number of hydrogen-bond donors (Lipinski definition) is 1. The molecule has 1 aromatic carbocycles. The highest BCUT2D eigenvalue weighted by atomic mass is 32.2. The van der Waals surface area contributed by atoms with E-state index in [1.165, 1.54) is 0 Å². The molecule has 1 N–H and O–H groups in total. The van der Waals surface area contributed by atoms with Gasteiger partial charge in [-0.1, -0.05) is 12.1 Å². The fourth-order valence-corrected chi connectivity index (χ4v) is 4.40. The summed E-state index contributed by atoms with van der Waals surface area (Å²) < 4.78 is 28.5. The van der Waals surface area contributed by atoms with Gasteiger partial charge in [-0.05, 0) is 36.3 Å². The number of ether oxygens (including phenoxy) is 1. The predicted molar refractivity (Wildman–Crippen MR) is 87.3 cm³/mol. The van der Waals surface area contributed by atoms with Crippen molar-refractivity contribution in [1.29, 1.82) is 0 Å². The minimum Gasteiger partial charge on any atom is -0.497 e. The van der Waals surface area contributed by atoms with Crippen molar-refractivity contribution >= 4 is 27.2 Å². The van der Waals surface area contributed by atoms with Gasteiger partial charge in [0.2, 0.25) is 0 Å². The van der Waals surface area contributed by atoms with Crippen LogP contribution in [0.4, 0.5) is 0 Å². The number of sulfone groups is 1. The molecule has 1 atom stereocenters. The topological polar surface area (TPSA) is 58.6 Å². The van der Waals surface area contributed by atoms with E-state index in [1.54, 1.807) is 14.2 Å². The molecule has 0 unspecified atom stereocenters. The van der Waals surface area contributed by atoms with Gasteiger partial charge in [0.1, 0.15) is 5.75 Å². The van der Waals surface area contributed by atoms with Gasteiger partial charge in [-0.15, -0.1) is 0 Å². The Morgan fingerprint density at radius 2 is 2.10 bits per heavy atom. The molecule has 0 saturated carbocycles. The Kier molecular flexibility index (Phi) is 5.05. The first-order chi connectivity index (χ1) is 9.95. The van der Waals surface area contributed by atoms with Crippen molar-refractivity contribution in [3.63, 3.8) is 0 Å². The summed E-state index contributed by atoms with van der Waals surface area (Å²) in [6.45, 7) is 0.587. The number of hydrogen-bond acceptors (Lipinski definition) is 4. The van der Waals surface area contributed by atoms with Crippen LogP contribution in [0, 0.1) is 0 Å². The first kappa shape index (κ1) is 16.0. The molecular weight excluding hydrogens is 308 g/mol. The standard InChI is InChI=1S/C14H20N2O3S2/c1-15-14(20)16(12-7-8-21(17,18)10-12)9-11-3-5-13(19-2)6-4-11/h3-6,12H,7-10H2,1-2H3,(H,15,20)/t12-/m1/s1. The molecule has 0 amide bonds. The smallest absolute Gasteiger partial charge is 0.169 e. The molecule has 1 aliphatic rings. The Hall–Kier alpha value is -1.34. The summed E-state index contributed by atoms with van der Waals surface area (Å²) >= 11 is 5.33. The van der Waals surface area contributed by atoms with Crippen LogP contribution in [0.25, 0.3) is 0 Å². The lowest BCUT2D eigenvalue weighted by molar-refractivity contribution is 0.324. The SMILES string of the molecule is CNC(=S)N(Cc1ccc(OC)cc1)[C@@H]1CCS(=O)(=O)C1. The molecule has 0 bridgehead atoms. The molecule has 1 saturated heterocycles. The third kappa shape index (κ3) is 4.07. The van der Waals surface area contributed by atoms with Gasteiger partial charge in [0, 0.05) is 19.6 Å². The summed E-state index contributed by atoms with van der Waals surface area (Å²) in [7, 11) is 0.448. The first-order valence-corrected chi connectivity index (χ1v) is 9.00. The highest BCUT2D eigenvalue weighted by Gasteiger charge is 2.33. The van der Waals surface area contributed by atoms with E-state index in [0.717, 1.165) is 11.3 Å². The number of benzene rings is 1. The van der Waals surface area contributed by atoms with E-state index in [0.29, 0.717) is 18.1 Å². The van der Waals surface area contributed by atoms with Crippen LogP contribution in [0.5, 0.6) is 5.75 Å². The molecule has 0 spiro atoms. The van der Waals surface area contributed by atoms with Crippen molar-refractivity contribution in [3.05, 3.63) is 29.8 Å². The molecule has 0 aromatic heterocycles. The average Bonchev–Trinajstić information content (AvgIpc) is 2.84. The molecule has 1 aliphatic heterocycles. The number of rotatable bonds is 4. The molecule has 7 heteroatoms. The summed E-state index contributed by atoms with van der Waals surface area (Å²) in [5, 5.41) is 3.53. The van der Waals surface area contributed by atoms with E-state index in [9.17, 15) is 8.42 Å². The maximum absolute atomic E-state index is 11.7. The van der Waals surface area contributed by atoms with E-state index in [1.807, 2.05) is 29.2 Å². The van der Waals surface area contributed by atoms with Crippen molar-refractivity contribution in [2.24, 2.45) is 0 Å². The highest BCUT2D eigenvalue weighted by Crippen LogP contribution is 2.21. The number of nitrogens with zero attached hydrogens (tertiary/aromatic N) is 1. The Morgan fingerprint density at radius 3 is 2.57 bits per heavy atom. The molecule has 21 heavy (non-hydrogen) atoms. The van der Waals surface area contributed by atoms with E-state index in [2.05, 4.69) is 5.32 Å². The molecule has 1 fully saturated rings. The summed E-state index contributed by atoms with van der Waals surface area (Å²) in [5.41, 5.74) is 1.07. The Bertz CT molecular complexity index is 599. The van der Waals surface area contributed by atoms with Crippen LogP contribution in [0.3, 0.4) is 0 Å². The van der Waals surface area contributed by atoms with Crippen LogP contribution in [0.15, 0.2) is 24.3 Å². The van der Waals surface area contributed by atoms with Crippen LogP contribution in [0.1, 0.15) is 12.0 Å². The van der Waals surface area contributed by atoms with Crippen LogP contribution in [-0.4, -0.2) is 50.1 Å². The average molecular weight is 328 g/mol. The molecule has 1 heterocycles. The van der Waals surface area contributed by atoms with Crippen molar-refractivity contribution in [3.8, 4) is 5.75 Å². The molecule has 0 aliphatic carbocycles. The maximum Gasteiger partial charge on any atom is 0.169 e. The van der Waals surface area contributed by atoms with Crippen molar-refractivity contribution in [2.75, 3.05) is 25.7 Å². The minimum absolute atomic E-state index is 0.0583. The van der Waals surface area contributed by atoms with Crippen LogP contribution < -0.4 is 10.1 Å². The number of methoxy groups -OCH3 is 1. The van der Waals surface area contributed by atoms with Gasteiger partial charge in [-0.25, -0.2) is 8.42 Å². The lowest BCUT2D eigenvalue weighted by atomic mass is 10.1. The molecule has 5 nitrogen and oxygen atoms in total. The van der Waals surface area contributed by atoms with Crippen molar-refractivity contribution in [1.82, 2.24) is 10.2 Å². The largest absolute Gasteiger partial charge is 0.497 e. The van der Waals surface area contributed by atoms with Gasteiger partial charge in [0.25, 0.3) is 0 Å². The summed E-state index contributed by atoms with van der Waals surface area (Å²) in [5.74, 6) is 1.21.